The van der Waals surface area contributed by atoms with Crippen molar-refractivity contribution in [1.82, 2.24) is 4.90 Å². The Kier molecular flexibility index (Phi) is 5.99. The zero-order chi connectivity index (χ0) is 24.5. The number of fused-ring (bicyclic) bond motifs is 2. The van der Waals surface area contributed by atoms with E-state index in [1.807, 2.05) is 55.5 Å². The van der Waals surface area contributed by atoms with Crippen LogP contribution in [0.4, 0.5) is 4.39 Å². The Morgan fingerprint density at radius 3 is 2.54 bits per heavy atom. The van der Waals surface area contributed by atoms with Gasteiger partial charge in [-0.2, -0.15) is 0 Å². The Morgan fingerprint density at radius 1 is 1.00 bits per heavy atom. The molecule has 1 aliphatic rings. The molecule has 0 N–H and O–H groups in total. The molecule has 35 heavy (non-hydrogen) atoms. The number of methoxy groups -OCH3 is 1. The van der Waals surface area contributed by atoms with E-state index in [0.29, 0.717) is 23.7 Å². The van der Waals surface area contributed by atoms with Crippen LogP contribution >= 0.6 is 0 Å². The first-order valence-corrected chi connectivity index (χ1v) is 11.4. The van der Waals surface area contributed by atoms with E-state index in [2.05, 4.69) is 0 Å². The van der Waals surface area contributed by atoms with Crippen molar-refractivity contribution < 1.29 is 23.1 Å². The summed E-state index contributed by atoms with van der Waals surface area (Å²) in [5.41, 5.74) is 1.53. The molecule has 1 aliphatic heterocycles. The van der Waals surface area contributed by atoms with Crippen LogP contribution in [0.1, 0.15) is 46.6 Å². The minimum absolute atomic E-state index is 0.0208. The third-order valence-electron chi connectivity index (χ3n) is 6.09. The Bertz CT molecular complexity index is 1460. The fraction of sp³-hybridized carbons (Fsp3) is 0.214. The number of benzene rings is 3. The van der Waals surface area contributed by atoms with Gasteiger partial charge in [0.25, 0.3) is 5.91 Å². The highest BCUT2D eigenvalue weighted by molar-refractivity contribution is 5.99. The lowest BCUT2D eigenvalue weighted by Crippen LogP contribution is -2.29. The monoisotopic (exact) mass is 473 g/mol. The molecule has 7 heteroatoms. The lowest BCUT2D eigenvalue weighted by atomic mass is 9.98. The predicted molar refractivity (Wildman–Crippen MR) is 129 cm³/mol. The molecular weight excluding hydrogens is 449 g/mol. The minimum Gasteiger partial charge on any atom is -0.497 e. The molecule has 1 atom stereocenters. The largest absolute Gasteiger partial charge is 0.497 e. The molecule has 178 valence electrons. The van der Waals surface area contributed by atoms with E-state index in [1.54, 1.807) is 12.0 Å². The highest BCUT2D eigenvalue weighted by Gasteiger charge is 2.42. The molecule has 3 aromatic carbocycles. The molecule has 2 heterocycles. The zero-order valence-corrected chi connectivity index (χ0v) is 19.4. The number of halogens is 1. The first-order chi connectivity index (χ1) is 17.0. The van der Waals surface area contributed by atoms with Crippen LogP contribution < -0.4 is 14.9 Å². The third kappa shape index (κ3) is 4.14. The number of carbonyl (C=O) groups is 1. The third-order valence-corrected chi connectivity index (χ3v) is 6.09. The van der Waals surface area contributed by atoms with Gasteiger partial charge in [-0.3, -0.25) is 9.59 Å². The van der Waals surface area contributed by atoms with E-state index in [-0.39, 0.29) is 28.8 Å². The molecule has 5 rings (SSSR count). The van der Waals surface area contributed by atoms with Crippen molar-refractivity contribution in [2.24, 2.45) is 0 Å². The van der Waals surface area contributed by atoms with Gasteiger partial charge in [-0.15, -0.1) is 0 Å². The van der Waals surface area contributed by atoms with E-state index in [1.165, 1.54) is 12.1 Å². The van der Waals surface area contributed by atoms with Crippen molar-refractivity contribution in [3.63, 3.8) is 0 Å². The summed E-state index contributed by atoms with van der Waals surface area (Å²) in [6, 6.07) is 17.7. The minimum atomic E-state index is -0.714. The molecule has 0 saturated carbocycles. The Hall–Kier alpha value is -4.13. The van der Waals surface area contributed by atoms with E-state index in [0.717, 1.165) is 18.1 Å². The van der Waals surface area contributed by atoms with Crippen molar-refractivity contribution in [3.05, 3.63) is 105 Å². The second kappa shape index (κ2) is 9.25. The van der Waals surface area contributed by atoms with Crippen LogP contribution in [0.5, 0.6) is 11.5 Å². The number of ether oxygens (including phenoxy) is 2. The van der Waals surface area contributed by atoms with Gasteiger partial charge in [-0.25, -0.2) is 4.39 Å². The lowest BCUT2D eigenvalue weighted by molar-refractivity contribution is 0.0714. The molecule has 0 unspecified atom stereocenters. The maximum Gasteiger partial charge on any atom is 0.291 e. The van der Waals surface area contributed by atoms with Crippen molar-refractivity contribution >= 4 is 16.9 Å². The number of rotatable bonds is 7. The quantitative estimate of drug-likeness (QED) is 0.356. The normalized spacial score (nSPS) is 14.9. The van der Waals surface area contributed by atoms with Crippen molar-refractivity contribution in [2.75, 3.05) is 13.7 Å². The summed E-state index contributed by atoms with van der Waals surface area (Å²) in [5.74, 6) is 0.380. The first kappa shape index (κ1) is 22.7. The first-order valence-electron chi connectivity index (χ1n) is 11.4. The maximum atomic E-state index is 14.0. The summed E-state index contributed by atoms with van der Waals surface area (Å²) in [7, 11) is 1.59. The fourth-order valence-electron chi connectivity index (χ4n) is 4.42. The van der Waals surface area contributed by atoms with Crippen LogP contribution in [0.2, 0.25) is 0 Å². The molecule has 1 aromatic heterocycles. The van der Waals surface area contributed by atoms with E-state index in [4.69, 9.17) is 13.9 Å². The molecule has 4 aromatic rings. The van der Waals surface area contributed by atoms with Gasteiger partial charge in [0.15, 0.2) is 5.43 Å². The SMILES string of the molecule is CCCOc1cccc([C@@H]2c3c(oc4ccc(F)cc4c3=O)C(=O)N2Cc2ccc(OC)cc2)c1. The Labute approximate surface area is 201 Å². The number of hydrogen-bond acceptors (Lipinski definition) is 5. The van der Waals surface area contributed by atoms with Crippen LogP contribution in [0.15, 0.2) is 75.9 Å². The van der Waals surface area contributed by atoms with Crippen LogP contribution in [0.3, 0.4) is 0 Å². The Morgan fingerprint density at radius 2 is 1.80 bits per heavy atom. The standard InChI is InChI=1S/C28H24FNO5/c1-3-13-34-21-6-4-5-18(14-21)25-24-26(31)22-15-19(29)9-12-23(22)35-27(24)28(32)30(25)16-17-7-10-20(33-2)11-8-17/h4-12,14-15,25H,3,13,16H2,1-2H3/t25-/m1/s1. The molecule has 0 fully saturated rings. The van der Waals surface area contributed by atoms with Gasteiger partial charge in [0.2, 0.25) is 5.76 Å². The zero-order valence-electron chi connectivity index (χ0n) is 19.4. The molecule has 0 bridgehead atoms. The second-order valence-electron chi connectivity index (χ2n) is 8.42. The highest BCUT2D eigenvalue weighted by Crippen LogP contribution is 2.40. The summed E-state index contributed by atoms with van der Waals surface area (Å²) in [6.07, 6.45) is 0.847. The van der Waals surface area contributed by atoms with Crippen LogP contribution in [0, 0.1) is 5.82 Å². The molecule has 0 aliphatic carbocycles. The lowest BCUT2D eigenvalue weighted by Gasteiger charge is -2.25. The maximum absolute atomic E-state index is 14.0. The van der Waals surface area contributed by atoms with Gasteiger partial charge in [-0.1, -0.05) is 31.2 Å². The van der Waals surface area contributed by atoms with Gasteiger partial charge in [-0.05, 0) is 60.0 Å². The smallest absolute Gasteiger partial charge is 0.291 e. The molecule has 0 spiro atoms. The number of carbonyl (C=O) groups excluding carboxylic acids is 1. The van der Waals surface area contributed by atoms with E-state index in [9.17, 15) is 14.0 Å². The van der Waals surface area contributed by atoms with Crippen molar-refractivity contribution in [3.8, 4) is 11.5 Å². The number of nitrogens with zero attached hydrogens (tertiary/aromatic N) is 1. The van der Waals surface area contributed by atoms with Crippen LogP contribution in [-0.2, 0) is 6.54 Å². The summed E-state index contributed by atoms with van der Waals surface area (Å²) in [4.78, 5) is 28.8. The van der Waals surface area contributed by atoms with Gasteiger partial charge in [0.1, 0.15) is 22.9 Å². The van der Waals surface area contributed by atoms with Crippen LogP contribution in [0.25, 0.3) is 11.0 Å². The predicted octanol–water partition coefficient (Wildman–Crippen LogP) is 5.47. The van der Waals surface area contributed by atoms with E-state index < -0.39 is 23.2 Å². The van der Waals surface area contributed by atoms with Crippen molar-refractivity contribution in [1.29, 1.82) is 0 Å². The molecule has 6 nitrogen and oxygen atoms in total. The fourth-order valence-corrected chi connectivity index (χ4v) is 4.42. The second-order valence-corrected chi connectivity index (χ2v) is 8.42. The number of hydrogen-bond donors (Lipinski definition) is 0. The van der Waals surface area contributed by atoms with Gasteiger partial charge < -0.3 is 18.8 Å². The molecule has 0 radical (unpaired) electrons. The Balaban J connectivity index is 1.66. The molecular formula is C28H24FNO5. The van der Waals surface area contributed by atoms with E-state index >= 15 is 0 Å². The summed E-state index contributed by atoms with van der Waals surface area (Å²) in [6.45, 7) is 2.80. The molecule has 1 amide bonds. The van der Waals surface area contributed by atoms with Crippen LogP contribution in [-0.4, -0.2) is 24.5 Å². The van der Waals surface area contributed by atoms with Gasteiger partial charge in [0.05, 0.1) is 30.7 Å². The molecule has 0 saturated heterocycles. The summed E-state index contributed by atoms with van der Waals surface area (Å²) < 4.78 is 30.9. The van der Waals surface area contributed by atoms with Gasteiger partial charge >= 0.3 is 0 Å². The summed E-state index contributed by atoms with van der Waals surface area (Å²) in [5, 5.41) is 0.103. The topological polar surface area (TPSA) is 69.0 Å². The average molecular weight is 474 g/mol. The highest BCUT2D eigenvalue weighted by atomic mass is 19.1. The number of amides is 1. The van der Waals surface area contributed by atoms with Gasteiger partial charge in [0, 0.05) is 6.54 Å². The average Bonchev–Trinajstić information content (AvgIpc) is 3.15. The summed E-state index contributed by atoms with van der Waals surface area (Å²) >= 11 is 0. The van der Waals surface area contributed by atoms with Crippen molar-refractivity contribution in [2.45, 2.75) is 25.9 Å².